The molecule has 10 heavy (non-hydrogen) atoms. The predicted molar refractivity (Wildman–Crippen MR) is 45.6 cm³/mol. The summed E-state index contributed by atoms with van der Waals surface area (Å²) in [5, 5.41) is 0. The van der Waals surface area contributed by atoms with Crippen molar-refractivity contribution in [1.29, 1.82) is 0 Å². The molecule has 0 rings (SSSR count). The van der Waals surface area contributed by atoms with Crippen molar-refractivity contribution in [3.05, 3.63) is 0 Å². The maximum atomic E-state index is 10.5. The first kappa shape index (κ1) is 11.4. The smallest absolute Gasteiger partial charge is 0.300 e. The van der Waals surface area contributed by atoms with Crippen LogP contribution in [-0.2, 0) is 9.09 Å². The SMILES string of the molecule is O=P(Cl)(Cl)OC(CCl)CCl. The second-order valence-corrected chi connectivity index (χ2v) is 6.30. The standard InChI is InChI=1S/C3H5Cl4O2P/c4-1-3(2-5)9-10(6,7)8/h3H,1-2H2. The molecule has 0 aliphatic heterocycles. The van der Waals surface area contributed by atoms with E-state index in [1.807, 2.05) is 0 Å². The van der Waals surface area contributed by atoms with E-state index < -0.39 is 12.2 Å². The first-order valence-corrected chi connectivity index (χ1v) is 6.79. The third-order valence-corrected chi connectivity index (χ3v) is 2.33. The second-order valence-electron chi connectivity index (χ2n) is 1.45. The van der Waals surface area contributed by atoms with Crippen LogP contribution in [0, 0.1) is 0 Å². The lowest BCUT2D eigenvalue weighted by Crippen LogP contribution is -2.12. The minimum atomic E-state index is -3.48. The van der Waals surface area contributed by atoms with E-state index in [9.17, 15) is 4.57 Å². The van der Waals surface area contributed by atoms with Crippen molar-refractivity contribution in [2.45, 2.75) is 6.10 Å². The molecule has 0 aliphatic carbocycles. The van der Waals surface area contributed by atoms with Crippen LogP contribution in [0.1, 0.15) is 0 Å². The van der Waals surface area contributed by atoms with E-state index in [4.69, 9.17) is 45.7 Å². The number of halogens is 4. The van der Waals surface area contributed by atoms with E-state index in [2.05, 4.69) is 4.52 Å². The lowest BCUT2D eigenvalue weighted by Gasteiger charge is -2.10. The number of rotatable bonds is 4. The molecule has 0 heterocycles. The summed E-state index contributed by atoms with van der Waals surface area (Å²) in [5.74, 6) is 0.236. The van der Waals surface area contributed by atoms with Crippen molar-refractivity contribution in [3.63, 3.8) is 0 Å². The molecule has 0 saturated carbocycles. The Hall–Kier alpha value is 1.35. The first-order chi connectivity index (χ1) is 4.49. The molecule has 0 saturated heterocycles. The molecule has 0 fully saturated rings. The third kappa shape index (κ3) is 6.09. The van der Waals surface area contributed by atoms with Crippen molar-refractivity contribution in [2.75, 3.05) is 11.8 Å². The normalized spacial score (nSPS) is 12.5. The van der Waals surface area contributed by atoms with Crippen LogP contribution in [-0.4, -0.2) is 17.9 Å². The largest absolute Gasteiger partial charge is 0.380 e. The minimum absolute atomic E-state index is 0.118. The number of hydrogen-bond donors (Lipinski definition) is 0. The average molecular weight is 246 g/mol. The molecule has 0 amide bonds. The van der Waals surface area contributed by atoms with Crippen LogP contribution in [0.3, 0.4) is 0 Å². The molecule has 2 nitrogen and oxygen atoms in total. The van der Waals surface area contributed by atoms with E-state index in [0.717, 1.165) is 0 Å². The molecule has 7 heteroatoms. The minimum Gasteiger partial charge on any atom is -0.300 e. The maximum Gasteiger partial charge on any atom is 0.380 e. The molecule has 0 atom stereocenters. The zero-order valence-corrected chi connectivity index (χ0v) is 8.69. The fourth-order valence-electron chi connectivity index (χ4n) is 0.271. The Balaban J connectivity index is 3.75. The van der Waals surface area contributed by atoms with Gasteiger partial charge >= 0.3 is 6.07 Å². The zero-order valence-electron chi connectivity index (χ0n) is 4.77. The van der Waals surface area contributed by atoms with Crippen LogP contribution in [0.5, 0.6) is 0 Å². The quantitative estimate of drug-likeness (QED) is 0.560. The summed E-state index contributed by atoms with van der Waals surface area (Å²) >= 11 is 20.8. The van der Waals surface area contributed by atoms with Gasteiger partial charge in [-0.25, -0.2) is 0 Å². The van der Waals surface area contributed by atoms with Gasteiger partial charge in [0.1, 0.15) is 0 Å². The Kier molecular flexibility index (Phi) is 5.76. The van der Waals surface area contributed by atoms with Crippen LogP contribution in [0.15, 0.2) is 0 Å². The Morgan fingerprint density at radius 1 is 1.30 bits per heavy atom. The van der Waals surface area contributed by atoms with Gasteiger partial charge in [-0.1, -0.05) is 0 Å². The van der Waals surface area contributed by atoms with Gasteiger partial charge in [-0.2, -0.15) is 0 Å². The molecule has 0 radical (unpaired) electrons. The number of alkyl halides is 2. The lowest BCUT2D eigenvalue weighted by molar-refractivity contribution is 0.266. The second kappa shape index (κ2) is 5.08. The highest BCUT2D eigenvalue weighted by Gasteiger charge is 2.20. The predicted octanol–water partition coefficient (Wildman–Crippen LogP) is 3.43. The topological polar surface area (TPSA) is 26.3 Å². The summed E-state index contributed by atoms with van der Waals surface area (Å²) < 4.78 is 15.1. The van der Waals surface area contributed by atoms with Crippen molar-refractivity contribution in [2.24, 2.45) is 0 Å². The summed E-state index contributed by atoms with van der Waals surface area (Å²) in [6, 6.07) is 0. The van der Waals surface area contributed by atoms with Crippen molar-refractivity contribution < 1.29 is 9.09 Å². The Morgan fingerprint density at radius 2 is 1.70 bits per heavy atom. The van der Waals surface area contributed by atoms with Crippen LogP contribution in [0.25, 0.3) is 0 Å². The first-order valence-electron chi connectivity index (χ1n) is 2.29. The highest BCUT2D eigenvalue weighted by molar-refractivity contribution is 8.05. The molecule has 0 bridgehead atoms. The van der Waals surface area contributed by atoms with E-state index >= 15 is 0 Å². The van der Waals surface area contributed by atoms with E-state index in [1.54, 1.807) is 0 Å². The van der Waals surface area contributed by atoms with Gasteiger partial charge in [0.2, 0.25) is 0 Å². The summed E-state index contributed by atoms with van der Waals surface area (Å²) in [6.45, 7) is 0. The van der Waals surface area contributed by atoms with Crippen LogP contribution < -0.4 is 0 Å². The van der Waals surface area contributed by atoms with Gasteiger partial charge in [-0.3, -0.25) is 4.57 Å². The fraction of sp³-hybridized carbons (Fsp3) is 1.00. The highest BCUT2D eigenvalue weighted by atomic mass is 35.9. The Bertz CT molecular complexity index is 130. The van der Waals surface area contributed by atoms with Crippen molar-refractivity contribution in [1.82, 2.24) is 0 Å². The van der Waals surface area contributed by atoms with Gasteiger partial charge in [0.05, 0.1) is 17.9 Å². The van der Waals surface area contributed by atoms with Crippen molar-refractivity contribution in [3.8, 4) is 0 Å². The van der Waals surface area contributed by atoms with E-state index in [-0.39, 0.29) is 11.8 Å². The van der Waals surface area contributed by atoms with Gasteiger partial charge in [-0.15, -0.1) is 23.2 Å². The van der Waals surface area contributed by atoms with Crippen LogP contribution >= 0.6 is 51.8 Å². The zero-order chi connectivity index (χ0) is 8.20. The van der Waals surface area contributed by atoms with E-state index in [0.29, 0.717) is 0 Å². The monoisotopic (exact) mass is 244 g/mol. The summed E-state index contributed by atoms with van der Waals surface area (Å²) in [7, 11) is 0. The molecule has 62 valence electrons. The Labute approximate surface area is 78.8 Å². The van der Waals surface area contributed by atoms with Crippen LogP contribution in [0.2, 0.25) is 0 Å². The van der Waals surface area contributed by atoms with E-state index in [1.165, 1.54) is 0 Å². The van der Waals surface area contributed by atoms with Gasteiger partial charge in [0, 0.05) is 0 Å². The van der Waals surface area contributed by atoms with Crippen LogP contribution in [0.4, 0.5) is 0 Å². The molecule has 0 aromatic rings. The molecular formula is C3H5Cl4O2P. The maximum absolute atomic E-state index is 10.5. The van der Waals surface area contributed by atoms with Gasteiger partial charge in [0.25, 0.3) is 0 Å². The molecule has 0 unspecified atom stereocenters. The van der Waals surface area contributed by atoms with Gasteiger partial charge < -0.3 is 4.52 Å². The summed E-state index contributed by atoms with van der Waals surface area (Å²) in [4.78, 5) is 0. The average Bonchev–Trinajstić information content (AvgIpc) is 1.81. The van der Waals surface area contributed by atoms with Gasteiger partial charge in [0.15, 0.2) is 0 Å². The molecule has 0 N–H and O–H groups in total. The summed E-state index contributed by atoms with van der Waals surface area (Å²) in [5.41, 5.74) is 0. The molecular weight excluding hydrogens is 241 g/mol. The molecule has 0 aromatic heterocycles. The van der Waals surface area contributed by atoms with Crippen molar-refractivity contribution >= 4 is 51.8 Å². The number of hydrogen-bond acceptors (Lipinski definition) is 2. The highest BCUT2D eigenvalue weighted by Crippen LogP contribution is 2.58. The third-order valence-electron chi connectivity index (χ3n) is 0.616. The lowest BCUT2D eigenvalue weighted by atomic mass is 10.5. The molecule has 0 aliphatic rings. The fourth-order valence-corrected chi connectivity index (χ4v) is 2.08. The molecule has 0 aromatic carbocycles. The Morgan fingerprint density at radius 3 is 1.80 bits per heavy atom. The summed E-state index contributed by atoms with van der Waals surface area (Å²) in [6.07, 6.45) is -4.03. The molecule has 0 spiro atoms. The van der Waals surface area contributed by atoms with Gasteiger partial charge in [-0.05, 0) is 22.5 Å².